The van der Waals surface area contributed by atoms with Crippen LogP contribution in [0.3, 0.4) is 0 Å². The minimum atomic E-state index is -0.130. The molecule has 3 heteroatoms. The zero-order valence-corrected chi connectivity index (χ0v) is 12.3. The van der Waals surface area contributed by atoms with E-state index >= 15 is 0 Å². The summed E-state index contributed by atoms with van der Waals surface area (Å²) in [6.07, 6.45) is 4.61. The highest BCUT2D eigenvalue weighted by atomic mass is 15.1. The second-order valence-corrected chi connectivity index (χ2v) is 6.03. The van der Waals surface area contributed by atoms with E-state index in [9.17, 15) is 0 Å². The second-order valence-electron chi connectivity index (χ2n) is 6.03. The van der Waals surface area contributed by atoms with E-state index in [2.05, 4.69) is 39.6 Å². The van der Waals surface area contributed by atoms with Gasteiger partial charge in [-0.3, -0.25) is 5.41 Å². The standard InChI is InChI=1S/C14H31N3/c1-6-12(2)11-17(5)10-8-7-9-14(3,4)13(15)16/h12H,6-11H2,1-5H3,(H3,15,16). The van der Waals surface area contributed by atoms with Crippen molar-refractivity contribution in [3.05, 3.63) is 0 Å². The lowest BCUT2D eigenvalue weighted by atomic mass is 9.86. The SMILES string of the molecule is CCC(C)CN(C)CCCCC(C)(C)C(=N)N. The normalized spacial score (nSPS) is 14.0. The van der Waals surface area contributed by atoms with Crippen molar-refractivity contribution in [1.82, 2.24) is 4.90 Å². The van der Waals surface area contributed by atoms with Crippen molar-refractivity contribution in [3.8, 4) is 0 Å². The Labute approximate surface area is 107 Å². The molecular formula is C14H31N3. The Bertz CT molecular complexity index is 224. The average Bonchev–Trinajstić information content (AvgIpc) is 2.24. The molecule has 0 amide bonds. The average molecular weight is 241 g/mol. The maximum absolute atomic E-state index is 7.50. The van der Waals surface area contributed by atoms with Gasteiger partial charge >= 0.3 is 0 Å². The van der Waals surface area contributed by atoms with Crippen molar-refractivity contribution in [1.29, 1.82) is 5.41 Å². The molecule has 3 N–H and O–H groups in total. The van der Waals surface area contributed by atoms with Gasteiger partial charge in [0.2, 0.25) is 0 Å². The number of amidine groups is 1. The molecule has 0 fully saturated rings. The number of hydrogen-bond acceptors (Lipinski definition) is 2. The van der Waals surface area contributed by atoms with Crippen LogP contribution in [-0.4, -0.2) is 30.9 Å². The van der Waals surface area contributed by atoms with Crippen LogP contribution in [0.15, 0.2) is 0 Å². The first-order valence-corrected chi connectivity index (χ1v) is 6.82. The van der Waals surface area contributed by atoms with Gasteiger partial charge in [0.25, 0.3) is 0 Å². The lowest BCUT2D eigenvalue weighted by Crippen LogP contribution is -2.31. The highest BCUT2D eigenvalue weighted by Crippen LogP contribution is 2.22. The molecule has 0 bridgehead atoms. The molecule has 0 radical (unpaired) electrons. The molecule has 0 rings (SSSR count). The molecule has 0 heterocycles. The number of nitrogens with two attached hydrogens (primary N) is 1. The van der Waals surface area contributed by atoms with Crippen molar-refractivity contribution in [2.75, 3.05) is 20.1 Å². The largest absolute Gasteiger partial charge is 0.387 e. The van der Waals surface area contributed by atoms with Crippen molar-refractivity contribution in [3.63, 3.8) is 0 Å². The van der Waals surface area contributed by atoms with Crippen LogP contribution < -0.4 is 5.73 Å². The summed E-state index contributed by atoms with van der Waals surface area (Å²) in [4.78, 5) is 2.41. The maximum Gasteiger partial charge on any atom is 0.0963 e. The molecule has 0 aliphatic carbocycles. The molecule has 102 valence electrons. The lowest BCUT2D eigenvalue weighted by Gasteiger charge is -2.24. The fourth-order valence-corrected chi connectivity index (χ4v) is 1.84. The molecule has 1 atom stereocenters. The number of nitrogens with zero attached hydrogens (tertiary/aromatic N) is 1. The van der Waals surface area contributed by atoms with E-state index < -0.39 is 0 Å². The van der Waals surface area contributed by atoms with Crippen LogP contribution in [0.2, 0.25) is 0 Å². The van der Waals surface area contributed by atoms with Crippen LogP contribution in [0.1, 0.15) is 53.4 Å². The molecule has 0 spiro atoms. The van der Waals surface area contributed by atoms with E-state index in [1.807, 2.05) is 0 Å². The molecule has 0 aromatic heterocycles. The fraction of sp³-hybridized carbons (Fsp3) is 0.929. The van der Waals surface area contributed by atoms with Crippen LogP contribution in [0, 0.1) is 16.7 Å². The number of hydrogen-bond donors (Lipinski definition) is 2. The molecule has 0 saturated carbocycles. The maximum atomic E-state index is 7.50. The van der Waals surface area contributed by atoms with Crippen molar-refractivity contribution in [2.24, 2.45) is 17.1 Å². The molecule has 0 aromatic carbocycles. The predicted octanol–water partition coefficient (Wildman–Crippen LogP) is 3.10. The van der Waals surface area contributed by atoms with Crippen LogP contribution in [-0.2, 0) is 0 Å². The molecule has 0 aliphatic rings. The van der Waals surface area contributed by atoms with Crippen molar-refractivity contribution >= 4 is 5.84 Å². The second kappa shape index (κ2) is 7.70. The van der Waals surface area contributed by atoms with Gasteiger partial charge in [-0.1, -0.05) is 40.5 Å². The van der Waals surface area contributed by atoms with E-state index in [0.29, 0.717) is 5.84 Å². The smallest absolute Gasteiger partial charge is 0.0963 e. The Morgan fingerprint density at radius 3 is 2.41 bits per heavy atom. The highest BCUT2D eigenvalue weighted by molar-refractivity contribution is 5.82. The molecular weight excluding hydrogens is 210 g/mol. The van der Waals surface area contributed by atoms with Crippen LogP contribution >= 0.6 is 0 Å². The van der Waals surface area contributed by atoms with Crippen LogP contribution in [0.25, 0.3) is 0 Å². The first-order chi connectivity index (χ1) is 7.79. The molecule has 1 unspecified atom stereocenters. The van der Waals surface area contributed by atoms with Gasteiger partial charge in [0.1, 0.15) is 0 Å². The van der Waals surface area contributed by atoms with Crippen molar-refractivity contribution in [2.45, 2.75) is 53.4 Å². The first-order valence-electron chi connectivity index (χ1n) is 6.82. The molecule has 17 heavy (non-hydrogen) atoms. The quantitative estimate of drug-likeness (QED) is 0.370. The summed E-state index contributed by atoms with van der Waals surface area (Å²) in [5.74, 6) is 1.10. The number of rotatable bonds is 9. The van der Waals surface area contributed by atoms with Crippen molar-refractivity contribution < 1.29 is 0 Å². The van der Waals surface area contributed by atoms with Gasteiger partial charge in [-0.05, 0) is 32.4 Å². The summed E-state index contributed by atoms with van der Waals surface area (Å²) in [5.41, 5.74) is 5.44. The summed E-state index contributed by atoms with van der Waals surface area (Å²) >= 11 is 0. The number of nitrogens with one attached hydrogen (secondary N) is 1. The Morgan fingerprint density at radius 1 is 1.35 bits per heavy atom. The third kappa shape index (κ3) is 7.37. The van der Waals surface area contributed by atoms with E-state index in [1.165, 1.54) is 19.4 Å². The third-order valence-corrected chi connectivity index (χ3v) is 3.64. The van der Waals surface area contributed by atoms with Crippen LogP contribution in [0.4, 0.5) is 0 Å². The lowest BCUT2D eigenvalue weighted by molar-refractivity contribution is 0.272. The minimum Gasteiger partial charge on any atom is -0.387 e. The minimum absolute atomic E-state index is 0.130. The summed E-state index contributed by atoms with van der Waals surface area (Å²) in [5, 5.41) is 7.50. The predicted molar refractivity (Wildman–Crippen MR) is 76.5 cm³/mol. The zero-order valence-electron chi connectivity index (χ0n) is 12.3. The Kier molecular flexibility index (Phi) is 7.44. The molecule has 0 aromatic rings. The Hall–Kier alpha value is -0.570. The Balaban J connectivity index is 3.68. The molecule has 0 aliphatic heterocycles. The van der Waals surface area contributed by atoms with E-state index in [0.717, 1.165) is 25.3 Å². The van der Waals surface area contributed by atoms with Gasteiger partial charge in [0.05, 0.1) is 5.84 Å². The zero-order chi connectivity index (χ0) is 13.5. The third-order valence-electron chi connectivity index (χ3n) is 3.64. The van der Waals surface area contributed by atoms with E-state index in [1.54, 1.807) is 0 Å². The fourth-order valence-electron chi connectivity index (χ4n) is 1.84. The summed E-state index contributed by atoms with van der Waals surface area (Å²) in [7, 11) is 2.20. The van der Waals surface area contributed by atoms with Gasteiger partial charge in [-0.2, -0.15) is 0 Å². The topological polar surface area (TPSA) is 53.1 Å². The van der Waals surface area contributed by atoms with E-state index in [4.69, 9.17) is 11.1 Å². The summed E-state index contributed by atoms with van der Waals surface area (Å²) in [6.45, 7) is 11.0. The van der Waals surface area contributed by atoms with Gasteiger partial charge < -0.3 is 10.6 Å². The first kappa shape index (κ1) is 16.4. The van der Waals surface area contributed by atoms with Gasteiger partial charge in [-0.25, -0.2) is 0 Å². The van der Waals surface area contributed by atoms with Gasteiger partial charge in [-0.15, -0.1) is 0 Å². The molecule has 0 saturated heterocycles. The van der Waals surface area contributed by atoms with Gasteiger partial charge in [0, 0.05) is 12.0 Å². The van der Waals surface area contributed by atoms with E-state index in [-0.39, 0.29) is 5.41 Å². The summed E-state index contributed by atoms with van der Waals surface area (Å²) < 4.78 is 0. The number of unbranched alkanes of at least 4 members (excludes halogenated alkanes) is 1. The summed E-state index contributed by atoms with van der Waals surface area (Å²) in [6, 6.07) is 0. The molecule has 3 nitrogen and oxygen atoms in total. The monoisotopic (exact) mass is 241 g/mol. The van der Waals surface area contributed by atoms with Gasteiger partial charge in [0.15, 0.2) is 0 Å². The Morgan fingerprint density at radius 2 is 1.94 bits per heavy atom. The van der Waals surface area contributed by atoms with Crippen LogP contribution in [0.5, 0.6) is 0 Å². The highest BCUT2D eigenvalue weighted by Gasteiger charge is 2.20.